The van der Waals surface area contributed by atoms with Crippen molar-refractivity contribution in [1.82, 2.24) is 10.5 Å². The number of rotatable bonds is 1. The molecule has 1 fully saturated rings. The highest BCUT2D eigenvalue weighted by Gasteiger charge is 2.18. The first kappa shape index (κ1) is 9.66. The molecule has 1 aromatic carbocycles. The van der Waals surface area contributed by atoms with E-state index in [1.54, 1.807) is 0 Å². The smallest absolute Gasteiger partial charge is 0.235 e. The maximum atomic E-state index is 5.48. The molecule has 1 saturated heterocycles. The molecule has 84 valence electrons. The molecule has 0 bridgehead atoms. The van der Waals surface area contributed by atoms with Gasteiger partial charge >= 0.3 is 0 Å². The minimum absolute atomic E-state index is 0.917. The van der Waals surface area contributed by atoms with Gasteiger partial charge in [0.2, 0.25) is 5.88 Å². The van der Waals surface area contributed by atoms with E-state index in [4.69, 9.17) is 4.52 Å². The van der Waals surface area contributed by atoms with Crippen LogP contribution < -0.4 is 10.2 Å². The lowest BCUT2D eigenvalue weighted by atomic mass is 10.1. The van der Waals surface area contributed by atoms with Crippen molar-refractivity contribution in [2.75, 3.05) is 31.1 Å². The topological polar surface area (TPSA) is 41.3 Å². The standard InChI is InChI=1S/C12H15N3O/c1-9-3-2-4-10-11(9)14-16-12(10)15-7-5-13-6-8-15/h2-4,13H,5-8H2,1H3. The van der Waals surface area contributed by atoms with E-state index in [2.05, 4.69) is 40.5 Å². The third kappa shape index (κ3) is 1.46. The average molecular weight is 217 g/mol. The molecule has 4 nitrogen and oxygen atoms in total. The van der Waals surface area contributed by atoms with E-state index in [-0.39, 0.29) is 0 Å². The predicted octanol–water partition coefficient (Wildman–Crippen LogP) is 1.55. The zero-order chi connectivity index (χ0) is 11.0. The molecular weight excluding hydrogens is 202 g/mol. The average Bonchev–Trinajstić information content (AvgIpc) is 2.75. The number of anilines is 1. The van der Waals surface area contributed by atoms with Crippen molar-refractivity contribution in [3.63, 3.8) is 0 Å². The lowest BCUT2D eigenvalue weighted by Crippen LogP contribution is -2.43. The normalized spacial score (nSPS) is 16.9. The van der Waals surface area contributed by atoms with Gasteiger partial charge in [0.05, 0.1) is 5.39 Å². The Morgan fingerprint density at radius 1 is 1.31 bits per heavy atom. The summed E-state index contributed by atoms with van der Waals surface area (Å²) in [5.41, 5.74) is 2.15. The van der Waals surface area contributed by atoms with Crippen LogP contribution >= 0.6 is 0 Å². The summed E-state index contributed by atoms with van der Waals surface area (Å²) in [7, 11) is 0. The molecule has 0 radical (unpaired) electrons. The summed E-state index contributed by atoms with van der Waals surface area (Å²) in [6, 6.07) is 6.20. The quantitative estimate of drug-likeness (QED) is 0.786. The largest absolute Gasteiger partial charge is 0.338 e. The Morgan fingerprint density at radius 2 is 2.12 bits per heavy atom. The molecular formula is C12H15N3O. The minimum Gasteiger partial charge on any atom is -0.338 e. The summed E-state index contributed by atoms with van der Waals surface area (Å²) in [5.74, 6) is 0.917. The molecule has 0 atom stereocenters. The maximum Gasteiger partial charge on any atom is 0.235 e. The van der Waals surface area contributed by atoms with Crippen molar-refractivity contribution in [1.29, 1.82) is 0 Å². The second-order valence-corrected chi connectivity index (χ2v) is 4.20. The van der Waals surface area contributed by atoms with Crippen molar-refractivity contribution < 1.29 is 4.52 Å². The summed E-state index contributed by atoms with van der Waals surface area (Å²) < 4.78 is 5.48. The molecule has 0 amide bonds. The van der Waals surface area contributed by atoms with E-state index in [0.29, 0.717) is 0 Å². The van der Waals surface area contributed by atoms with E-state index in [1.807, 2.05) is 0 Å². The summed E-state index contributed by atoms with van der Waals surface area (Å²) in [6.07, 6.45) is 0. The molecule has 1 N–H and O–H groups in total. The summed E-state index contributed by atoms with van der Waals surface area (Å²) in [4.78, 5) is 2.26. The van der Waals surface area contributed by atoms with Gasteiger partial charge in [0.25, 0.3) is 0 Å². The van der Waals surface area contributed by atoms with Crippen molar-refractivity contribution in [2.45, 2.75) is 6.92 Å². The van der Waals surface area contributed by atoms with Crippen molar-refractivity contribution in [3.05, 3.63) is 23.8 Å². The van der Waals surface area contributed by atoms with E-state index in [0.717, 1.165) is 43.0 Å². The van der Waals surface area contributed by atoms with Gasteiger partial charge in [-0.1, -0.05) is 17.3 Å². The lowest BCUT2D eigenvalue weighted by Gasteiger charge is -2.26. The van der Waals surface area contributed by atoms with Gasteiger partial charge < -0.3 is 14.7 Å². The van der Waals surface area contributed by atoms with Gasteiger partial charge in [0.1, 0.15) is 5.52 Å². The number of fused-ring (bicyclic) bond motifs is 1. The fourth-order valence-corrected chi connectivity index (χ4v) is 2.19. The van der Waals surface area contributed by atoms with Gasteiger partial charge in [0.15, 0.2) is 0 Å². The highest BCUT2D eigenvalue weighted by atomic mass is 16.5. The van der Waals surface area contributed by atoms with E-state index >= 15 is 0 Å². The van der Waals surface area contributed by atoms with Crippen LogP contribution in [0.15, 0.2) is 22.7 Å². The van der Waals surface area contributed by atoms with Crippen LogP contribution in [-0.4, -0.2) is 31.3 Å². The Hall–Kier alpha value is -1.55. The third-order valence-electron chi connectivity index (χ3n) is 3.10. The third-order valence-corrected chi connectivity index (χ3v) is 3.10. The number of hydrogen-bond donors (Lipinski definition) is 1. The van der Waals surface area contributed by atoms with Crippen LogP contribution in [0, 0.1) is 6.92 Å². The lowest BCUT2D eigenvalue weighted by molar-refractivity contribution is 0.414. The molecule has 4 heteroatoms. The monoisotopic (exact) mass is 217 g/mol. The number of piperazine rings is 1. The number of aromatic nitrogens is 1. The van der Waals surface area contributed by atoms with Crippen LogP contribution in [0.4, 0.5) is 5.88 Å². The van der Waals surface area contributed by atoms with E-state index in [9.17, 15) is 0 Å². The zero-order valence-corrected chi connectivity index (χ0v) is 9.36. The van der Waals surface area contributed by atoms with Crippen LogP contribution in [0.25, 0.3) is 10.9 Å². The van der Waals surface area contributed by atoms with Gasteiger partial charge in [-0.25, -0.2) is 0 Å². The van der Waals surface area contributed by atoms with Crippen LogP contribution in [-0.2, 0) is 0 Å². The van der Waals surface area contributed by atoms with Gasteiger partial charge in [-0.15, -0.1) is 0 Å². The Labute approximate surface area is 94.2 Å². The Morgan fingerprint density at radius 3 is 2.94 bits per heavy atom. The molecule has 0 saturated carbocycles. The molecule has 0 spiro atoms. The summed E-state index contributed by atoms with van der Waals surface area (Å²) in [5, 5.41) is 8.62. The Kier molecular flexibility index (Phi) is 2.29. The second kappa shape index (κ2) is 3.79. The molecule has 16 heavy (non-hydrogen) atoms. The van der Waals surface area contributed by atoms with Gasteiger partial charge in [-0.2, -0.15) is 0 Å². The molecule has 0 aliphatic carbocycles. The summed E-state index contributed by atoms with van der Waals surface area (Å²) in [6.45, 7) is 6.05. The molecule has 1 aliphatic rings. The number of aryl methyl sites for hydroxylation is 1. The fourth-order valence-electron chi connectivity index (χ4n) is 2.19. The van der Waals surface area contributed by atoms with Crippen LogP contribution in [0.3, 0.4) is 0 Å². The highest BCUT2D eigenvalue weighted by Crippen LogP contribution is 2.28. The molecule has 2 heterocycles. The molecule has 0 unspecified atom stereocenters. The Bertz CT molecular complexity index is 500. The summed E-state index contributed by atoms with van der Waals surface area (Å²) >= 11 is 0. The number of hydrogen-bond acceptors (Lipinski definition) is 4. The van der Waals surface area contributed by atoms with E-state index in [1.165, 1.54) is 5.56 Å². The van der Waals surface area contributed by atoms with Gasteiger partial charge in [-0.05, 0) is 18.6 Å². The zero-order valence-electron chi connectivity index (χ0n) is 9.36. The minimum atomic E-state index is 0.917. The van der Waals surface area contributed by atoms with Crippen LogP contribution in [0.1, 0.15) is 5.56 Å². The first-order chi connectivity index (χ1) is 7.86. The molecule has 1 aromatic heterocycles. The fraction of sp³-hybridized carbons (Fsp3) is 0.417. The number of nitrogens with zero attached hydrogens (tertiary/aromatic N) is 2. The van der Waals surface area contributed by atoms with Gasteiger partial charge in [0, 0.05) is 26.2 Å². The maximum absolute atomic E-state index is 5.48. The van der Waals surface area contributed by atoms with Gasteiger partial charge in [-0.3, -0.25) is 0 Å². The first-order valence-electron chi connectivity index (χ1n) is 5.67. The predicted molar refractivity (Wildman–Crippen MR) is 63.8 cm³/mol. The molecule has 3 rings (SSSR count). The number of nitrogens with one attached hydrogen (secondary N) is 1. The highest BCUT2D eigenvalue weighted by molar-refractivity contribution is 5.90. The SMILES string of the molecule is Cc1cccc2c(N3CCNCC3)onc12. The van der Waals surface area contributed by atoms with Crippen molar-refractivity contribution in [3.8, 4) is 0 Å². The van der Waals surface area contributed by atoms with Crippen molar-refractivity contribution in [2.24, 2.45) is 0 Å². The first-order valence-corrected chi connectivity index (χ1v) is 5.67. The van der Waals surface area contributed by atoms with Crippen molar-refractivity contribution >= 4 is 16.8 Å². The molecule has 1 aliphatic heterocycles. The Balaban J connectivity index is 2.06. The van der Waals surface area contributed by atoms with Crippen LogP contribution in [0.2, 0.25) is 0 Å². The van der Waals surface area contributed by atoms with Crippen LogP contribution in [0.5, 0.6) is 0 Å². The van der Waals surface area contributed by atoms with E-state index < -0.39 is 0 Å². The second-order valence-electron chi connectivity index (χ2n) is 4.20. The number of benzene rings is 1. The molecule has 2 aromatic rings.